The van der Waals surface area contributed by atoms with E-state index < -0.39 is 5.97 Å². The zero-order valence-electron chi connectivity index (χ0n) is 13.5. The van der Waals surface area contributed by atoms with Gasteiger partial charge in [0.2, 0.25) is 0 Å². The van der Waals surface area contributed by atoms with Crippen molar-refractivity contribution in [2.24, 2.45) is 0 Å². The van der Waals surface area contributed by atoms with Gasteiger partial charge in [-0.15, -0.1) is 0 Å². The van der Waals surface area contributed by atoms with Crippen molar-refractivity contribution < 1.29 is 9.90 Å². The van der Waals surface area contributed by atoms with Crippen LogP contribution in [0.1, 0.15) is 45.5 Å². The molecule has 5 heteroatoms. The van der Waals surface area contributed by atoms with Crippen molar-refractivity contribution in [2.45, 2.75) is 32.7 Å². The topological polar surface area (TPSA) is 66.3 Å². The normalized spacial score (nSPS) is 18.3. The number of hydrogen-bond donors (Lipinski definition) is 1. The van der Waals surface area contributed by atoms with Gasteiger partial charge in [-0.2, -0.15) is 0 Å². The van der Waals surface area contributed by atoms with Crippen LogP contribution >= 0.6 is 0 Å². The molecule has 1 aliphatic rings. The second-order valence-corrected chi connectivity index (χ2v) is 6.19. The van der Waals surface area contributed by atoms with Crippen LogP contribution in [0.15, 0.2) is 30.3 Å². The number of carbonyl (C=O) groups is 1. The fourth-order valence-corrected chi connectivity index (χ4v) is 3.23. The molecule has 23 heavy (non-hydrogen) atoms. The van der Waals surface area contributed by atoms with Crippen molar-refractivity contribution in [3.05, 3.63) is 58.7 Å². The van der Waals surface area contributed by atoms with Gasteiger partial charge in [0, 0.05) is 30.4 Å². The number of benzene rings is 1. The summed E-state index contributed by atoms with van der Waals surface area (Å²) in [5.74, 6) is 0.371. The lowest BCUT2D eigenvalue weighted by molar-refractivity contribution is 0.0694. The standard InChI is InChI=1S/C18H21N3O2/c1-12-9-13(2)20-17(19-12)15-7-8-21(11-15)10-14-5-3-4-6-16(14)18(22)23/h3-6,9,15H,7-8,10-11H2,1-2H3,(H,22,23). The summed E-state index contributed by atoms with van der Waals surface area (Å²) in [5.41, 5.74) is 3.25. The van der Waals surface area contributed by atoms with E-state index in [9.17, 15) is 9.90 Å². The summed E-state index contributed by atoms with van der Waals surface area (Å²) in [6.45, 7) is 6.46. The molecule has 3 rings (SSSR count). The highest BCUT2D eigenvalue weighted by Gasteiger charge is 2.27. The molecule has 1 aromatic carbocycles. The highest BCUT2D eigenvalue weighted by Crippen LogP contribution is 2.26. The molecule has 1 fully saturated rings. The Morgan fingerprint density at radius 1 is 1.26 bits per heavy atom. The number of hydrogen-bond acceptors (Lipinski definition) is 4. The van der Waals surface area contributed by atoms with Crippen LogP contribution in [0.25, 0.3) is 0 Å². The van der Waals surface area contributed by atoms with Crippen LogP contribution in [-0.2, 0) is 6.54 Å². The Hall–Kier alpha value is -2.27. The molecule has 0 spiro atoms. The summed E-state index contributed by atoms with van der Waals surface area (Å²) >= 11 is 0. The molecular formula is C18H21N3O2. The van der Waals surface area contributed by atoms with Crippen LogP contribution in [0, 0.1) is 13.8 Å². The number of rotatable bonds is 4. The van der Waals surface area contributed by atoms with Gasteiger partial charge in [-0.3, -0.25) is 4.90 Å². The molecule has 0 amide bonds. The monoisotopic (exact) mass is 311 g/mol. The first-order valence-electron chi connectivity index (χ1n) is 7.88. The fraction of sp³-hybridized carbons (Fsp3) is 0.389. The van der Waals surface area contributed by atoms with Gasteiger partial charge in [0.1, 0.15) is 5.82 Å². The molecule has 1 N–H and O–H groups in total. The van der Waals surface area contributed by atoms with Gasteiger partial charge in [-0.05, 0) is 44.5 Å². The van der Waals surface area contributed by atoms with Crippen LogP contribution in [0.3, 0.4) is 0 Å². The first-order chi connectivity index (χ1) is 11.0. The summed E-state index contributed by atoms with van der Waals surface area (Å²) in [5, 5.41) is 9.29. The molecule has 0 bridgehead atoms. The SMILES string of the molecule is Cc1cc(C)nc(C2CCN(Cc3ccccc3C(=O)O)C2)n1. The van der Waals surface area contributed by atoms with Crippen LogP contribution < -0.4 is 0 Å². The number of carboxylic acid groups (broad SMARTS) is 1. The first kappa shape index (κ1) is 15.6. The van der Waals surface area contributed by atoms with E-state index in [2.05, 4.69) is 14.9 Å². The van der Waals surface area contributed by atoms with E-state index in [-0.39, 0.29) is 0 Å². The van der Waals surface area contributed by atoms with Crippen molar-refractivity contribution in [3.63, 3.8) is 0 Å². The number of likely N-dealkylation sites (tertiary alicyclic amines) is 1. The van der Waals surface area contributed by atoms with Gasteiger partial charge in [0.15, 0.2) is 0 Å². The molecule has 1 aromatic heterocycles. The average Bonchev–Trinajstić information content (AvgIpc) is 2.95. The summed E-state index contributed by atoms with van der Waals surface area (Å²) < 4.78 is 0. The fourth-order valence-electron chi connectivity index (χ4n) is 3.23. The van der Waals surface area contributed by atoms with Crippen molar-refractivity contribution in [3.8, 4) is 0 Å². The Bertz CT molecular complexity index is 710. The largest absolute Gasteiger partial charge is 0.478 e. The molecular weight excluding hydrogens is 290 g/mol. The van der Waals surface area contributed by atoms with Crippen LogP contribution in [-0.4, -0.2) is 39.0 Å². The molecule has 1 atom stereocenters. The van der Waals surface area contributed by atoms with Crippen LogP contribution in [0.5, 0.6) is 0 Å². The van der Waals surface area contributed by atoms with Crippen molar-refractivity contribution in [1.29, 1.82) is 0 Å². The van der Waals surface area contributed by atoms with E-state index in [0.717, 1.165) is 42.3 Å². The van der Waals surface area contributed by atoms with Gasteiger partial charge >= 0.3 is 5.97 Å². The van der Waals surface area contributed by atoms with Crippen molar-refractivity contribution in [1.82, 2.24) is 14.9 Å². The second-order valence-electron chi connectivity index (χ2n) is 6.19. The zero-order valence-corrected chi connectivity index (χ0v) is 13.5. The quantitative estimate of drug-likeness (QED) is 0.940. The van der Waals surface area contributed by atoms with E-state index >= 15 is 0 Å². The minimum atomic E-state index is -0.867. The van der Waals surface area contributed by atoms with Gasteiger partial charge in [0.05, 0.1) is 5.56 Å². The Kier molecular flexibility index (Phi) is 4.39. The molecule has 120 valence electrons. The summed E-state index contributed by atoms with van der Waals surface area (Å²) in [7, 11) is 0. The predicted molar refractivity (Wildman–Crippen MR) is 87.5 cm³/mol. The van der Waals surface area contributed by atoms with Gasteiger partial charge in [-0.25, -0.2) is 14.8 Å². The minimum absolute atomic E-state index is 0.325. The van der Waals surface area contributed by atoms with E-state index in [1.165, 1.54) is 0 Å². The molecule has 2 heterocycles. The zero-order chi connectivity index (χ0) is 16.4. The third kappa shape index (κ3) is 3.56. The lowest BCUT2D eigenvalue weighted by Crippen LogP contribution is -2.21. The molecule has 1 unspecified atom stereocenters. The molecule has 0 radical (unpaired) electrons. The molecule has 0 aliphatic carbocycles. The lowest BCUT2D eigenvalue weighted by atomic mass is 10.1. The molecule has 1 aliphatic heterocycles. The Morgan fingerprint density at radius 2 is 1.96 bits per heavy atom. The number of aromatic nitrogens is 2. The summed E-state index contributed by atoms with van der Waals surface area (Å²) in [4.78, 5) is 22.7. The predicted octanol–water partition coefficient (Wildman–Crippen LogP) is 2.78. The number of aryl methyl sites for hydroxylation is 2. The maximum atomic E-state index is 11.3. The third-order valence-electron chi connectivity index (χ3n) is 4.28. The Balaban J connectivity index is 1.72. The molecule has 0 saturated carbocycles. The maximum Gasteiger partial charge on any atom is 0.336 e. The Morgan fingerprint density at radius 3 is 2.65 bits per heavy atom. The van der Waals surface area contributed by atoms with E-state index in [1.54, 1.807) is 12.1 Å². The summed E-state index contributed by atoms with van der Waals surface area (Å²) in [6, 6.07) is 9.20. The van der Waals surface area contributed by atoms with Gasteiger partial charge in [-0.1, -0.05) is 18.2 Å². The van der Waals surface area contributed by atoms with Gasteiger partial charge in [0.25, 0.3) is 0 Å². The average molecular weight is 311 g/mol. The molecule has 2 aromatic rings. The highest BCUT2D eigenvalue weighted by molar-refractivity contribution is 5.89. The number of aromatic carboxylic acids is 1. The molecule has 5 nitrogen and oxygen atoms in total. The van der Waals surface area contributed by atoms with Crippen molar-refractivity contribution >= 4 is 5.97 Å². The van der Waals surface area contributed by atoms with Crippen LogP contribution in [0.2, 0.25) is 0 Å². The second kappa shape index (κ2) is 6.46. The van der Waals surface area contributed by atoms with Crippen LogP contribution in [0.4, 0.5) is 0 Å². The smallest absolute Gasteiger partial charge is 0.336 e. The highest BCUT2D eigenvalue weighted by atomic mass is 16.4. The van der Waals surface area contributed by atoms with E-state index in [0.29, 0.717) is 18.0 Å². The number of nitrogens with zero attached hydrogens (tertiary/aromatic N) is 3. The van der Waals surface area contributed by atoms with E-state index in [1.807, 2.05) is 32.0 Å². The lowest BCUT2D eigenvalue weighted by Gasteiger charge is -2.17. The van der Waals surface area contributed by atoms with Crippen molar-refractivity contribution in [2.75, 3.05) is 13.1 Å². The van der Waals surface area contributed by atoms with Gasteiger partial charge < -0.3 is 5.11 Å². The Labute approximate surface area is 136 Å². The molecule has 1 saturated heterocycles. The summed E-state index contributed by atoms with van der Waals surface area (Å²) in [6.07, 6.45) is 1.01. The van der Waals surface area contributed by atoms with E-state index in [4.69, 9.17) is 0 Å². The first-order valence-corrected chi connectivity index (χ1v) is 7.88. The number of carboxylic acids is 1. The minimum Gasteiger partial charge on any atom is -0.478 e. The maximum absolute atomic E-state index is 11.3. The third-order valence-corrected chi connectivity index (χ3v) is 4.28.